The lowest BCUT2D eigenvalue weighted by Gasteiger charge is -2.36. The number of rotatable bonds is 4. The van der Waals surface area contributed by atoms with E-state index in [1.165, 1.54) is 29.8 Å². The Morgan fingerprint density at radius 3 is 2.43 bits per heavy atom. The average molecular weight is 404 g/mol. The lowest BCUT2D eigenvalue weighted by atomic mass is 9.69. The Morgan fingerprint density at radius 1 is 1.07 bits per heavy atom. The maximum absolute atomic E-state index is 13.3. The molecule has 0 saturated heterocycles. The first-order valence-electron chi connectivity index (χ1n) is 10.4. The molecule has 1 heterocycles. The molecule has 4 nitrogen and oxygen atoms in total. The highest BCUT2D eigenvalue weighted by Crippen LogP contribution is 2.43. The quantitative estimate of drug-likeness (QED) is 0.761. The Labute approximate surface area is 175 Å². The zero-order chi connectivity index (χ0) is 21.3. The van der Waals surface area contributed by atoms with Crippen LogP contribution in [-0.4, -0.2) is 17.4 Å². The van der Waals surface area contributed by atoms with Gasteiger partial charge >= 0.3 is 0 Å². The van der Waals surface area contributed by atoms with E-state index in [4.69, 9.17) is 0 Å². The molecule has 154 valence electrons. The molecule has 0 spiro atoms. The van der Waals surface area contributed by atoms with E-state index in [9.17, 15) is 14.0 Å². The van der Waals surface area contributed by atoms with E-state index >= 15 is 0 Å². The highest BCUT2D eigenvalue weighted by atomic mass is 19.1. The van der Waals surface area contributed by atoms with Gasteiger partial charge in [-0.25, -0.2) is 4.39 Å². The van der Waals surface area contributed by atoms with Crippen LogP contribution in [0.5, 0.6) is 0 Å². The van der Waals surface area contributed by atoms with Crippen molar-refractivity contribution in [2.75, 3.05) is 5.32 Å². The average Bonchev–Trinajstić information content (AvgIpc) is 2.74. The summed E-state index contributed by atoms with van der Waals surface area (Å²) in [5.41, 5.74) is 4.69. The van der Waals surface area contributed by atoms with Gasteiger partial charge in [-0.2, -0.15) is 0 Å². The van der Waals surface area contributed by atoms with Gasteiger partial charge in [0.05, 0.1) is 5.92 Å². The molecule has 4 rings (SSSR count). The second-order valence-electron chi connectivity index (χ2n) is 7.93. The van der Waals surface area contributed by atoms with Gasteiger partial charge in [-0.15, -0.1) is 0 Å². The number of hydrogen-bond donors (Lipinski definition) is 1. The Bertz CT molecular complexity index is 1040. The fourth-order valence-corrected chi connectivity index (χ4v) is 4.47. The smallest absolute Gasteiger partial charge is 0.254 e. The van der Waals surface area contributed by atoms with Gasteiger partial charge in [0.1, 0.15) is 11.6 Å². The standard InChI is InChI=1S/C25H25FN2O2/c1-3-16-7-9-17(10-8-16)23-22(25(30)28-19-13-11-18(26)12-14-19)15(2)27-20-5-4-6-21(29)24(20)23/h7-14,23-24H,3-6H2,1-2H3,(H,28,30)/t23-,24?/m1/s1. The number of halogens is 1. The first-order chi connectivity index (χ1) is 14.5. The highest BCUT2D eigenvalue weighted by molar-refractivity contribution is 6.14. The Kier molecular flexibility index (Phi) is 5.62. The van der Waals surface area contributed by atoms with Gasteiger partial charge in [0.15, 0.2) is 0 Å². The van der Waals surface area contributed by atoms with Crippen molar-refractivity contribution in [3.63, 3.8) is 0 Å². The maximum Gasteiger partial charge on any atom is 0.254 e. The maximum atomic E-state index is 13.3. The van der Waals surface area contributed by atoms with Crippen molar-refractivity contribution >= 4 is 23.1 Å². The third-order valence-electron chi connectivity index (χ3n) is 6.00. The molecule has 2 aliphatic rings. The van der Waals surface area contributed by atoms with Gasteiger partial charge in [0.2, 0.25) is 0 Å². The second-order valence-corrected chi connectivity index (χ2v) is 7.93. The number of aliphatic imine (C=N–C) groups is 1. The second kappa shape index (κ2) is 8.34. The normalized spacial score (nSPS) is 21.2. The molecule has 1 saturated carbocycles. The number of Topliss-reactive ketones (excluding diaryl/α,β-unsaturated/α-hetero) is 1. The lowest BCUT2D eigenvalue weighted by Crippen LogP contribution is -2.39. The summed E-state index contributed by atoms with van der Waals surface area (Å²) in [6.07, 6.45) is 3.02. The molecule has 1 unspecified atom stereocenters. The summed E-state index contributed by atoms with van der Waals surface area (Å²) < 4.78 is 13.2. The summed E-state index contributed by atoms with van der Waals surface area (Å²) in [6, 6.07) is 13.8. The predicted octanol–water partition coefficient (Wildman–Crippen LogP) is 5.21. The molecule has 2 aromatic carbocycles. The van der Waals surface area contributed by atoms with Crippen LogP contribution in [0.3, 0.4) is 0 Å². The van der Waals surface area contributed by atoms with Crippen molar-refractivity contribution in [3.8, 4) is 0 Å². The number of hydrogen-bond acceptors (Lipinski definition) is 3. The molecule has 0 aromatic heterocycles. The van der Waals surface area contributed by atoms with Gasteiger partial charge in [0.25, 0.3) is 5.91 Å². The number of ketones is 1. The lowest BCUT2D eigenvalue weighted by molar-refractivity contribution is -0.122. The number of carbonyl (C=O) groups excluding carboxylic acids is 2. The molecule has 30 heavy (non-hydrogen) atoms. The summed E-state index contributed by atoms with van der Waals surface area (Å²) in [4.78, 5) is 30.9. The third-order valence-corrected chi connectivity index (χ3v) is 6.00. The van der Waals surface area contributed by atoms with Crippen molar-refractivity contribution in [2.45, 2.75) is 45.4 Å². The van der Waals surface area contributed by atoms with Crippen molar-refractivity contribution in [1.29, 1.82) is 0 Å². The topological polar surface area (TPSA) is 58.5 Å². The van der Waals surface area contributed by atoms with Crippen LogP contribution >= 0.6 is 0 Å². The van der Waals surface area contributed by atoms with Crippen LogP contribution in [-0.2, 0) is 16.0 Å². The van der Waals surface area contributed by atoms with Crippen molar-refractivity contribution in [3.05, 3.63) is 76.7 Å². The number of allylic oxidation sites excluding steroid dienone is 1. The van der Waals surface area contributed by atoms with Crippen LogP contribution in [0.4, 0.5) is 10.1 Å². The predicted molar refractivity (Wildman–Crippen MR) is 116 cm³/mol. The first-order valence-corrected chi connectivity index (χ1v) is 10.4. The number of carbonyl (C=O) groups is 2. The Hall–Kier alpha value is -3.08. The van der Waals surface area contributed by atoms with Gasteiger partial charge in [-0.3, -0.25) is 14.6 Å². The Morgan fingerprint density at radius 2 is 1.77 bits per heavy atom. The van der Waals surface area contributed by atoms with E-state index in [-0.39, 0.29) is 23.4 Å². The van der Waals surface area contributed by atoms with Crippen LogP contribution in [0.2, 0.25) is 0 Å². The summed E-state index contributed by atoms with van der Waals surface area (Å²) in [7, 11) is 0. The van der Waals surface area contributed by atoms with Crippen LogP contribution in [0, 0.1) is 11.7 Å². The highest BCUT2D eigenvalue weighted by Gasteiger charge is 2.43. The molecular weight excluding hydrogens is 379 g/mol. The minimum absolute atomic E-state index is 0.143. The third kappa shape index (κ3) is 3.84. The fraction of sp³-hybridized carbons (Fsp3) is 0.320. The molecule has 1 aliphatic carbocycles. The van der Waals surface area contributed by atoms with Crippen molar-refractivity contribution in [1.82, 2.24) is 0 Å². The van der Waals surface area contributed by atoms with Gasteiger partial charge < -0.3 is 5.32 Å². The van der Waals surface area contributed by atoms with E-state index in [0.29, 0.717) is 23.4 Å². The molecule has 1 amide bonds. The van der Waals surface area contributed by atoms with E-state index in [1.54, 1.807) is 0 Å². The molecule has 1 N–H and O–H groups in total. The first kappa shape index (κ1) is 20.2. The van der Waals surface area contributed by atoms with E-state index in [2.05, 4.69) is 29.4 Å². The number of anilines is 1. The molecule has 0 bridgehead atoms. The summed E-state index contributed by atoms with van der Waals surface area (Å²) >= 11 is 0. The Balaban J connectivity index is 1.76. The number of benzene rings is 2. The molecule has 2 atom stereocenters. The van der Waals surface area contributed by atoms with E-state index in [0.717, 1.165) is 30.5 Å². The van der Waals surface area contributed by atoms with Crippen molar-refractivity contribution < 1.29 is 14.0 Å². The summed E-state index contributed by atoms with van der Waals surface area (Å²) in [6.45, 7) is 3.92. The molecular formula is C25H25FN2O2. The minimum atomic E-state index is -0.399. The van der Waals surface area contributed by atoms with Gasteiger partial charge in [-0.05, 0) is 61.6 Å². The molecule has 5 heteroatoms. The number of fused-ring (bicyclic) bond motifs is 1. The SMILES string of the molecule is CCc1ccc([C@@H]2C(C(=O)Nc3ccc(F)cc3)=C(C)N=C3CCCC(=O)C32)cc1. The summed E-state index contributed by atoms with van der Waals surface area (Å²) in [5, 5.41) is 2.86. The zero-order valence-electron chi connectivity index (χ0n) is 17.2. The van der Waals surface area contributed by atoms with Crippen LogP contribution in [0.1, 0.15) is 50.2 Å². The monoisotopic (exact) mass is 404 g/mol. The number of aryl methyl sites for hydroxylation is 1. The molecule has 0 radical (unpaired) electrons. The van der Waals surface area contributed by atoms with Gasteiger partial charge in [0, 0.05) is 35.0 Å². The van der Waals surface area contributed by atoms with E-state index < -0.39 is 5.92 Å². The van der Waals surface area contributed by atoms with Crippen LogP contribution in [0.15, 0.2) is 64.8 Å². The van der Waals surface area contributed by atoms with Crippen LogP contribution < -0.4 is 5.32 Å². The number of nitrogens with zero attached hydrogens (tertiary/aromatic N) is 1. The van der Waals surface area contributed by atoms with Crippen molar-refractivity contribution in [2.24, 2.45) is 10.9 Å². The van der Waals surface area contributed by atoms with E-state index in [1.807, 2.05) is 19.1 Å². The summed E-state index contributed by atoms with van der Waals surface area (Å²) in [5.74, 6) is -1.29. The minimum Gasteiger partial charge on any atom is -0.322 e. The molecule has 1 fully saturated rings. The molecule has 2 aromatic rings. The zero-order valence-corrected chi connectivity index (χ0v) is 17.2. The largest absolute Gasteiger partial charge is 0.322 e. The molecule has 1 aliphatic heterocycles. The fourth-order valence-electron chi connectivity index (χ4n) is 4.47. The van der Waals surface area contributed by atoms with Gasteiger partial charge in [-0.1, -0.05) is 31.2 Å². The number of amides is 1. The number of nitrogens with one attached hydrogen (secondary N) is 1. The van der Waals surface area contributed by atoms with Crippen LogP contribution in [0.25, 0.3) is 0 Å².